The molecule has 2 amide bonds. The van der Waals surface area contributed by atoms with Gasteiger partial charge >= 0.3 is 6.03 Å². The van der Waals surface area contributed by atoms with Crippen molar-refractivity contribution in [2.75, 3.05) is 46.3 Å². The Balaban J connectivity index is 1.67. The summed E-state index contributed by atoms with van der Waals surface area (Å²) in [6.45, 7) is 5.10. The molecular formula is C18H26FN3O. The van der Waals surface area contributed by atoms with Crippen molar-refractivity contribution < 1.29 is 9.18 Å². The molecule has 1 aromatic rings. The summed E-state index contributed by atoms with van der Waals surface area (Å²) in [5.74, 6) is 0.113. The molecule has 2 aliphatic rings. The molecule has 1 aromatic carbocycles. The fourth-order valence-corrected chi connectivity index (χ4v) is 3.52. The first-order valence-corrected chi connectivity index (χ1v) is 8.61. The lowest BCUT2D eigenvalue weighted by molar-refractivity contribution is 0.122. The Morgan fingerprint density at radius 1 is 1.00 bits per heavy atom. The smallest absolute Gasteiger partial charge is 0.320 e. The van der Waals surface area contributed by atoms with Gasteiger partial charge < -0.3 is 14.7 Å². The zero-order chi connectivity index (χ0) is 16.2. The zero-order valence-electron chi connectivity index (χ0n) is 13.9. The van der Waals surface area contributed by atoms with Crippen LogP contribution in [0.4, 0.5) is 9.18 Å². The summed E-state index contributed by atoms with van der Waals surface area (Å²) in [6.07, 6.45) is 3.24. The topological polar surface area (TPSA) is 26.8 Å². The average Bonchev–Trinajstić information content (AvgIpc) is 2.82. The normalized spacial score (nSPS) is 23.7. The number of hydrogen-bond donors (Lipinski definition) is 0. The van der Waals surface area contributed by atoms with Crippen LogP contribution in [0.3, 0.4) is 0 Å². The van der Waals surface area contributed by atoms with Gasteiger partial charge in [0.1, 0.15) is 5.82 Å². The second kappa shape index (κ2) is 7.30. The van der Waals surface area contributed by atoms with E-state index < -0.39 is 0 Å². The van der Waals surface area contributed by atoms with Crippen molar-refractivity contribution in [3.8, 4) is 0 Å². The Kier molecular flexibility index (Phi) is 5.16. The van der Waals surface area contributed by atoms with Gasteiger partial charge in [-0.2, -0.15) is 0 Å². The Morgan fingerprint density at radius 2 is 1.70 bits per heavy atom. The van der Waals surface area contributed by atoms with E-state index in [1.165, 1.54) is 12.1 Å². The first-order chi connectivity index (χ1) is 11.1. The highest BCUT2D eigenvalue weighted by Crippen LogP contribution is 2.27. The molecule has 2 heterocycles. The van der Waals surface area contributed by atoms with E-state index in [1.807, 2.05) is 21.9 Å². The van der Waals surface area contributed by atoms with Crippen LogP contribution < -0.4 is 0 Å². The van der Waals surface area contributed by atoms with Gasteiger partial charge in [-0.15, -0.1) is 0 Å². The summed E-state index contributed by atoms with van der Waals surface area (Å²) in [6, 6.07) is 6.94. The van der Waals surface area contributed by atoms with Crippen molar-refractivity contribution >= 4 is 6.03 Å². The van der Waals surface area contributed by atoms with Crippen molar-refractivity contribution in [3.63, 3.8) is 0 Å². The molecule has 1 atom stereocenters. The number of likely N-dealkylation sites (N-methyl/N-ethyl adjacent to an activating group) is 1. The molecule has 0 bridgehead atoms. The number of rotatable bonds is 1. The van der Waals surface area contributed by atoms with Crippen molar-refractivity contribution in [2.45, 2.75) is 25.2 Å². The van der Waals surface area contributed by atoms with E-state index >= 15 is 0 Å². The van der Waals surface area contributed by atoms with E-state index in [-0.39, 0.29) is 11.8 Å². The fraction of sp³-hybridized carbons (Fsp3) is 0.611. The monoisotopic (exact) mass is 319 g/mol. The molecule has 5 heteroatoms. The molecule has 0 saturated carbocycles. The molecule has 2 saturated heterocycles. The molecule has 2 fully saturated rings. The standard InChI is InChI=1S/C18H26FN3O/c1-20-10-12-21(13-11-20)18(23)22-9-3-2-4-16(14-22)15-5-7-17(19)8-6-15/h5-8,16H,2-4,9-14H2,1H3/t16-/m1/s1. The van der Waals surface area contributed by atoms with Gasteiger partial charge in [-0.05, 0) is 37.6 Å². The van der Waals surface area contributed by atoms with Gasteiger partial charge in [0.25, 0.3) is 0 Å². The SMILES string of the molecule is CN1CCN(C(=O)N2CCCC[C@@H](c3ccc(F)cc3)C2)CC1. The second-order valence-corrected chi connectivity index (χ2v) is 6.76. The third-order valence-electron chi connectivity index (χ3n) is 5.06. The lowest BCUT2D eigenvalue weighted by Crippen LogP contribution is -2.52. The number of benzene rings is 1. The maximum absolute atomic E-state index is 13.1. The predicted molar refractivity (Wildman–Crippen MR) is 89.0 cm³/mol. The van der Waals surface area contributed by atoms with Crippen LogP contribution in [0.1, 0.15) is 30.7 Å². The van der Waals surface area contributed by atoms with E-state index in [9.17, 15) is 9.18 Å². The number of nitrogens with zero attached hydrogens (tertiary/aromatic N) is 3. The Bertz CT molecular complexity index is 526. The minimum absolute atomic E-state index is 0.173. The third-order valence-corrected chi connectivity index (χ3v) is 5.06. The first-order valence-electron chi connectivity index (χ1n) is 8.61. The Labute approximate surface area is 137 Å². The van der Waals surface area contributed by atoms with E-state index in [2.05, 4.69) is 11.9 Å². The second-order valence-electron chi connectivity index (χ2n) is 6.76. The molecule has 0 aromatic heterocycles. The number of carbonyl (C=O) groups is 1. The lowest BCUT2D eigenvalue weighted by Gasteiger charge is -2.36. The van der Waals surface area contributed by atoms with Crippen LogP contribution in [-0.2, 0) is 0 Å². The van der Waals surface area contributed by atoms with Gasteiger partial charge in [-0.1, -0.05) is 18.6 Å². The van der Waals surface area contributed by atoms with Crippen molar-refractivity contribution in [3.05, 3.63) is 35.6 Å². The van der Waals surface area contributed by atoms with Crippen molar-refractivity contribution in [1.29, 1.82) is 0 Å². The fourth-order valence-electron chi connectivity index (χ4n) is 3.52. The van der Waals surface area contributed by atoms with E-state index in [1.54, 1.807) is 0 Å². The quantitative estimate of drug-likeness (QED) is 0.796. The summed E-state index contributed by atoms with van der Waals surface area (Å²) in [5.41, 5.74) is 1.14. The Hall–Kier alpha value is -1.62. The summed E-state index contributed by atoms with van der Waals surface area (Å²) < 4.78 is 13.1. The number of piperazine rings is 1. The summed E-state index contributed by atoms with van der Waals surface area (Å²) >= 11 is 0. The van der Waals surface area contributed by atoms with Crippen LogP contribution >= 0.6 is 0 Å². The van der Waals surface area contributed by atoms with Gasteiger partial charge in [-0.25, -0.2) is 9.18 Å². The maximum Gasteiger partial charge on any atom is 0.320 e. The number of halogens is 1. The molecule has 0 spiro atoms. The molecule has 4 nitrogen and oxygen atoms in total. The van der Waals surface area contributed by atoms with Gasteiger partial charge in [-0.3, -0.25) is 0 Å². The van der Waals surface area contributed by atoms with Crippen LogP contribution in [0, 0.1) is 5.82 Å². The number of likely N-dealkylation sites (tertiary alicyclic amines) is 1. The van der Waals surface area contributed by atoms with Crippen LogP contribution in [-0.4, -0.2) is 67.0 Å². The highest BCUT2D eigenvalue weighted by atomic mass is 19.1. The van der Waals surface area contributed by atoms with Crippen LogP contribution in [0.2, 0.25) is 0 Å². The van der Waals surface area contributed by atoms with Crippen LogP contribution in [0.25, 0.3) is 0 Å². The predicted octanol–water partition coefficient (Wildman–Crippen LogP) is 2.76. The maximum atomic E-state index is 13.1. The molecule has 0 N–H and O–H groups in total. The summed E-state index contributed by atoms with van der Waals surface area (Å²) in [5, 5.41) is 0. The van der Waals surface area contributed by atoms with Crippen LogP contribution in [0.5, 0.6) is 0 Å². The molecule has 0 radical (unpaired) electrons. The van der Waals surface area contributed by atoms with E-state index in [0.717, 1.165) is 64.1 Å². The number of amides is 2. The zero-order valence-corrected chi connectivity index (χ0v) is 13.9. The summed E-state index contributed by atoms with van der Waals surface area (Å²) in [7, 11) is 2.10. The van der Waals surface area contributed by atoms with Crippen molar-refractivity contribution in [1.82, 2.24) is 14.7 Å². The first kappa shape index (κ1) is 16.2. The van der Waals surface area contributed by atoms with Gasteiger partial charge in [0.2, 0.25) is 0 Å². The molecule has 3 rings (SSSR count). The van der Waals surface area contributed by atoms with E-state index in [4.69, 9.17) is 0 Å². The molecular weight excluding hydrogens is 293 g/mol. The van der Waals surface area contributed by atoms with Gasteiger partial charge in [0, 0.05) is 45.2 Å². The van der Waals surface area contributed by atoms with Crippen LogP contribution in [0.15, 0.2) is 24.3 Å². The number of carbonyl (C=O) groups excluding carboxylic acids is 1. The summed E-state index contributed by atoms with van der Waals surface area (Å²) in [4.78, 5) is 19.1. The Morgan fingerprint density at radius 3 is 2.39 bits per heavy atom. The highest BCUT2D eigenvalue weighted by Gasteiger charge is 2.28. The molecule has 23 heavy (non-hydrogen) atoms. The highest BCUT2D eigenvalue weighted by molar-refractivity contribution is 5.74. The lowest BCUT2D eigenvalue weighted by atomic mass is 9.94. The number of urea groups is 1. The van der Waals surface area contributed by atoms with Crippen molar-refractivity contribution in [2.24, 2.45) is 0 Å². The largest absolute Gasteiger partial charge is 0.324 e. The molecule has 2 aliphatic heterocycles. The van der Waals surface area contributed by atoms with Gasteiger partial charge in [0.05, 0.1) is 0 Å². The molecule has 0 aliphatic carbocycles. The average molecular weight is 319 g/mol. The molecule has 0 unspecified atom stereocenters. The minimum Gasteiger partial charge on any atom is -0.324 e. The van der Waals surface area contributed by atoms with E-state index in [0.29, 0.717) is 5.92 Å². The molecule has 126 valence electrons. The minimum atomic E-state index is -0.201. The number of hydrogen-bond acceptors (Lipinski definition) is 2. The third kappa shape index (κ3) is 4.02. The van der Waals surface area contributed by atoms with Gasteiger partial charge in [0.15, 0.2) is 0 Å².